The van der Waals surface area contributed by atoms with Gasteiger partial charge in [0.25, 0.3) is 5.91 Å². The van der Waals surface area contributed by atoms with Crippen LogP contribution in [0.1, 0.15) is 42.6 Å². The predicted octanol–water partition coefficient (Wildman–Crippen LogP) is 5.16. The maximum absolute atomic E-state index is 12.4. The first-order valence-corrected chi connectivity index (χ1v) is 9.43. The minimum Gasteiger partial charge on any atom is -0.340 e. The summed E-state index contributed by atoms with van der Waals surface area (Å²) in [5.74, 6) is 0.749. The van der Waals surface area contributed by atoms with E-state index in [1.165, 1.54) is 18.7 Å². The molecule has 0 saturated carbocycles. The molecule has 2 aromatic carbocycles. The van der Waals surface area contributed by atoms with E-state index in [4.69, 9.17) is 0 Å². The lowest BCUT2D eigenvalue weighted by molar-refractivity contribution is -0.114. The van der Waals surface area contributed by atoms with E-state index >= 15 is 0 Å². The lowest BCUT2D eigenvalue weighted by Crippen LogP contribution is -2.12. The van der Waals surface area contributed by atoms with Gasteiger partial charge in [0, 0.05) is 30.2 Å². The Balaban J connectivity index is 1.60. The Bertz CT molecular complexity index is 979. The summed E-state index contributed by atoms with van der Waals surface area (Å²) in [4.78, 5) is 27.8. The first-order valence-electron chi connectivity index (χ1n) is 9.43. The van der Waals surface area contributed by atoms with Crippen molar-refractivity contribution in [2.75, 3.05) is 16.0 Å². The summed E-state index contributed by atoms with van der Waals surface area (Å²) in [6.07, 6.45) is 1.53. The van der Waals surface area contributed by atoms with Crippen LogP contribution in [0.3, 0.4) is 0 Å². The highest BCUT2D eigenvalue weighted by Gasteiger charge is 2.08. The smallest absolute Gasteiger partial charge is 0.257 e. The van der Waals surface area contributed by atoms with Crippen LogP contribution in [0.5, 0.6) is 0 Å². The van der Waals surface area contributed by atoms with Crippen LogP contribution >= 0.6 is 0 Å². The Labute approximate surface area is 170 Å². The molecule has 29 heavy (non-hydrogen) atoms. The van der Waals surface area contributed by atoms with Gasteiger partial charge in [0.1, 0.15) is 5.82 Å². The average Bonchev–Trinajstić information content (AvgIpc) is 2.70. The van der Waals surface area contributed by atoms with Gasteiger partial charge in [-0.05, 0) is 60.0 Å². The maximum Gasteiger partial charge on any atom is 0.257 e. The van der Waals surface area contributed by atoms with Gasteiger partial charge >= 0.3 is 0 Å². The van der Waals surface area contributed by atoms with Crippen LogP contribution in [-0.4, -0.2) is 16.8 Å². The third-order valence-electron chi connectivity index (χ3n) is 4.34. The van der Waals surface area contributed by atoms with E-state index in [0.29, 0.717) is 17.3 Å². The van der Waals surface area contributed by atoms with Gasteiger partial charge in [-0.3, -0.25) is 9.59 Å². The van der Waals surface area contributed by atoms with E-state index < -0.39 is 0 Å². The van der Waals surface area contributed by atoms with Gasteiger partial charge in [-0.15, -0.1) is 0 Å². The van der Waals surface area contributed by atoms with Crippen LogP contribution in [0, 0.1) is 0 Å². The molecule has 0 radical (unpaired) electrons. The number of amides is 2. The van der Waals surface area contributed by atoms with Crippen molar-refractivity contribution >= 4 is 34.7 Å². The molecular formula is C23H24N4O2. The molecule has 148 valence electrons. The van der Waals surface area contributed by atoms with Gasteiger partial charge in [-0.2, -0.15) is 0 Å². The van der Waals surface area contributed by atoms with Crippen LogP contribution in [0.15, 0.2) is 66.9 Å². The number of hydrogen-bond donors (Lipinski definition) is 3. The fourth-order valence-electron chi connectivity index (χ4n) is 2.74. The molecular weight excluding hydrogens is 364 g/mol. The quantitative estimate of drug-likeness (QED) is 0.545. The number of carbonyl (C=O) groups excluding carboxylic acids is 2. The SMILES string of the molecule is CC(=O)Nc1ccc(Nc2ccc(C(=O)Nc3ccc(C(C)C)cc3)cn2)cc1. The van der Waals surface area contributed by atoms with Crippen molar-refractivity contribution < 1.29 is 9.59 Å². The molecule has 0 aliphatic carbocycles. The number of rotatable bonds is 6. The molecule has 0 atom stereocenters. The molecule has 3 aromatic rings. The zero-order chi connectivity index (χ0) is 20.8. The second-order valence-electron chi connectivity index (χ2n) is 7.05. The molecule has 3 N–H and O–H groups in total. The second kappa shape index (κ2) is 9.01. The van der Waals surface area contributed by atoms with E-state index in [0.717, 1.165) is 17.1 Å². The van der Waals surface area contributed by atoms with Crippen LogP contribution in [-0.2, 0) is 4.79 Å². The number of nitrogens with one attached hydrogen (secondary N) is 3. The molecule has 0 fully saturated rings. The third kappa shape index (κ3) is 5.65. The summed E-state index contributed by atoms with van der Waals surface area (Å²) < 4.78 is 0. The number of nitrogens with zero attached hydrogens (tertiary/aromatic N) is 1. The summed E-state index contributed by atoms with van der Waals surface area (Å²) in [5, 5.41) is 8.76. The molecule has 6 nitrogen and oxygen atoms in total. The van der Waals surface area contributed by atoms with Gasteiger partial charge in [-0.25, -0.2) is 4.98 Å². The minimum absolute atomic E-state index is 0.114. The molecule has 0 unspecified atom stereocenters. The van der Waals surface area contributed by atoms with Crippen LogP contribution in [0.2, 0.25) is 0 Å². The molecule has 0 saturated heterocycles. The monoisotopic (exact) mass is 388 g/mol. The molecule has 1 aromatic heterocycles. The lowest BCUT2D eigenvalue weighted by Gasteiger charge is -2.10. The molecule has 1 heterocycles. The first-order chi connectivity index (χ1) is 13.9. The molecule has 0 spiro atoms. The number of pyridine rings is 1. The fraction of sp³-hybridized carbons (Fsp3) is 0.174. The minimum atomic E-state index is -0.207. The number of benzene rings is 2. The van der Waals surface area contributed by atoms with Crippen molar-refractivity contribution in [3.8, 4) is 0 Å². The Hall–Kier alpha value is -3.67. The number of anilines is 4. The van der Waals surface area contributed by atoms with E-state index in [2.05, 4.69) is 34.8 Å². The average molecular weight is 388 g/mol. The maximum atomic E-state index is 12.4. The van der Waals surface area contributed by atoms with Gasteiger partial charge in [0.15, 0.2) is 0 Å². The summed E-state index contributed by atoms with van der Waals surface area (Å²) >= 11 is 0. The van der Waals surface area contributed by atoms with Gasteiger partial charge in [0.2, 0.25) is 5.91 Å². The molecule has 6 heteroatoms. The van der Waals surface area contributed by atoms with E-state index in [1.807, 2.05) is 36.4 Å². The largest absolute Gasteiger partial charge is 0.340 e. The zero-order valence-electron chi connectivity index (χ0n) is 16.7. The van der Waals surface area contributed by atoms with Crippen molar-refractivity contribution in [3.05, 3.63) is 78.0 Å². The Morgan fingerprint density at radius 2 is 1.38 bits per heavy atom. The number of aromatic nitrogens is 1. The Morgan fingerprint density at radius 1 is 0.793 bits per heavy atom. The van der Waals surface area contributed by atoms with E-state index in [-0.39, 0.29) is 11.8 Å². The molecule has 3 rings (SSSR count). The van der Waals surface area contributed by atoms with Crippen LogP contribution < -0.4 is 16.0 Å². The van der Waals surface area contributed by atoms with Crippen molar-refractivity contribution in [3.63, 3.8) is 0 Å². The number of hydrogen-bond acceptors (Lipinski definition) is 4. The molecule has 0 bridgehead atoms. The summed E-state index contributed by atoms with van der Waals surface area (Å²) in [6.45, 7) is 5.73. The predicted molar refractivity (Wildman–Crippen MR) is 117 cm³/mol. The van der Waals surface area contributed by atoms with E-state index in [9.17, 15) is 9.59 Å². The molecule has 2 amide bonds. The van der Waals surface area contributed by atoms with Crippen LogP contribution in [0.25, 0.3) is 0 Å². The van der Waals surface area contributed by atoms with Crippen molar-refractivity contribution in [2.24, 2.45) is 0 Å². The van der Waals surface area contributed by atoms with Crippen molar-refractivity contribution in [1.29, 1.82) is 0 Å². The van der Waals surface area contributed by atoms with Crippen LogP contribution in [0.4, 0.5) is 22.9 Å². The highest BCUT2D eigenvalue weighted by molar-refractivity contribution is 6.04. The second-order valence-corrected chi connectivity index (χ2v) is 7.05. The highest BCUT2D eigenvalue weighted by Crippen LogP contribution is 2.19. The normalized spacial score (nSPS) is 10.5. The Kier molecular flexibility index (Phi) is 6.24. The Morgan fingerprint density at radius 3 is 1.93 bits per heavy atom. The van der Waals surface area contributed by atoms with Gasteiger partial charge < -0.3 is 16.0 Å². The zero-order valence-corrected chi connectivity index (χ0v) is 16.7. The standard InChI is InChI=1S/C23H24N4O2/c1-15(2)17-4-7-21(8-5-17)27-23(29)18-6-13-22(24-14-18)26-20-11-9-19(10-12-20)25-16(3)28/h4-15H,1-3H3,(H,24,26)(H,25,28)(H,27,29). The third-order valence-corrected chi connectivity index (χ3v) is 4.34. The highest BCUT2D eigenvalue weighted by atomic mass is 16.2. The fourth-order valence-corrected chi connectivity index (χ4v) is 2.74. The lowest BCUT2D eigenvalue weighted by atomic mass is 10.0. The first kappa shape index (κ1) is 20.1. The summed E-state index contributed by atoms with van der Waals surface area (Å²) in [7, 11) is 0. The molecule has 0 aliphatic rings. The van der Waals surface area contributed by atoms with Gasteiger partial charge in [-0.1, -0.05) is 26.0 Å². The van der Waals surface area contributed by atoms with Crippen molar-refractivity contribution in [1.82, 2.24) is 4.98 Å². The summed E-state index contributed by atoms with van der Waals surface area (Å²) in [6, 6.07) is 18.6. The topological polar surface area (TPSA) is 83.1 Å². The summed E-state index contributed by atoms with van der Waals surface area (Å²) in [5.41, 5.74) is 4.01. The van der Waals surface area contributed by atoms with Crippen molar-refractivity contribution in [2.45, 2.75) is 26.7 Å². The molecule has 0 aliphatic heterocycles. The number of carbonyl (C=O) groups is 2. The van der Waals surface area contributed by atoms with Gasteiger partial charge in [0.05, 0.1) is 5.56 Å². The van der Waals surface area contributed by atoms with E-state index in [1.54, 1.807) is 24.3 Å².